The molecule has 0 heterocycles. The molecule has 0 aromatic heterocycles. The molecular weight excluding hydrogens is 251 g/mol. The Bertz CT molecular complexity index is 484. The van der Waals surface area contributed by atoms with Crippen LogP contribution in [0.5, 0.6) is 0 Å². The van der Waals surface area contributed by atoms with Crippen molar-refractivity contribution in [2.75, 3.05) is 19.1 Å². The summed E-state index contributed by atoms with van der Waals surface area (Å²) in [7, 11) is 1.01. The Morgan fingerprint density at radius 1 is 1.56 bits per heavy atom. The van der Waals surface area contributed by atoms with Crippen LogP contribution in [0.1, 0.15) is 18.1 Å². The maximum absolute atomic E-state index is 13.2. The van der Waals surface area contributed by atoms with Crippen LogP contribution in [0.2, 0.25) is 0 Å². The normalized spacial score (nSPS) is 14.2. The van der Waals surface area contributed by atoms with Crippen LogP contribution >= 0.6 is 0 Å². The molecule has 0 aliphatic heterocycles. The molecular formula is C13H17FN2OS. The second-order valence-corrected chi connectivity index (χ2v) is 5.90. The van der Waals surface area contributed by atoms with Crippen molar-refractivity contribution in [1.82, 2.24) is 4.90 Å². The van der Waals surface area contributed by atoms with Gasteiger partial charge in [-0.25, -0.2) is 4.39 Å². The van der Waals surface area contributed by atoms with E-state index >= 15 is 0 Å². The standard InChI is InChI=1S/C13H17FN2OS/c1-10(9-18(3)17)16(2)8-12-6-13(14)5-4-11(12)7-15/h4-6,10H,8-9H2,1-3H3/t10-,18+/m0/s1. The van der Waals surface area contributed by atoms with Crippen LogP contribution in [0.15, 0.2) is 18.2 Å². The van der Waals surface area contributed by atoms with Gasteiger partial charge in [-0.05, 0) is 37.7 Å². The molecule has 1 rings (SSSR count). The SMILES string of the molecule is C[C@@H](C[S@@](C)=O)N(C)Cc1cc(F)ccc1C#N. The van der Waals surface area contributed by atoms with Gasteiger partial charge >= 0.3 is 0 Å². The van der Waals surface area contributed by atoms with Crippen LogP contribution in [-0.4, -0.2) is 34.2 Å². The fourth-order valence-corrected chi connectivity index (χ4v) is 2.63. The molecule has 1 aromatic carbocycles. The highest BCUT2D eigenvalue weighted by molar-refractivity contribution is 7.84. The summed E-state index contributed by atoms with van der Waals surface area (Å²) in [5.41, 5.74) is 1.14. The minimum absolute atomic E-state index is 0.116. The largest absolute Gasteiger partial charge is 0.298 e. The molecule has 0 saturated heterocycles. The molecule has 0 bridgehead atoms. The lowest BCUT2D eigenvalue weighted by Gasteiger charge is -2.24. The van der Waals surface area contributed by atoms with Crippen molar-refractivity contribution < 1.29 is 8.60 Å². The van der Waals surface area contributed by atoms with Gasteiger partial charge < -0.3 is 0 Å². The summed E-state index contributed by atoms with van der Waals surface area (Å²) in [5, 5.41) is 8.97. The number of rotatable bonds is 5. The molecule has 0 fully saturated rings. The maximum atomic E-state index is 13.2. The predicted octanol–water partition coefficient (Wildman–Crippen LogP) is 1.90. The number of halogens is 1. The smallest absolute Gasteiger partial charge is 0.123 e. The van der Waals surface area contributed by atoms with Crippen molar-refractivity contribution in [2.45, 2.75) is 19.5 Å². The third-order valence-corrected chi connectivity index (χ3v) is 3.79. The van der Waals surface area contributed by atoms with Crippen molar-refractivity contribution in [3.05, 3.63) is 35.1 Å². The van der Waals surface area contributed by atoms with Gasteiger partial charge in [-0.3, -0.25) is 9.11 Å². The molecule has 0 amide bonds. The first-order chi connectivity index (χ1) is 8.43. The van der Waals surface area contributed by atoms with E-state index in [0.717, 1.165) is 0 Å². The Balaban J connectivity index is 2.81. The average molecular weight is 268 g/mol. The monoisotopic (exact) mass is 268 g/mol. The van der Waals surface area contributed by atoms with Gasteiger partial charge in [0, 0.05) is 35.4 Å². The topological polar surface area (TPSA) is 44.1 Å². The van der Waals surface area contributed by atoms with E-state index in [4.69, 9.17) is 5.26 Å². The van der Waals surface area contributed by atoms with Crippen LogP contribution < -0.4 is 0 Å². The minimum Gasteiger partial charge on any atom is -0.298 e. The summed E-state index contributed by atoms with van der Waals surface area (Å²) in [6.45, 7) is 2.44. The Kier molecular flexibility index (Phi) is 5.45. The van der Waals surface area contributed by atoms with Gasteiger partial charge in [0.25, 0.3) is 0 Å². The van der Waals surface area contributed by atoms with Crippen molar-refractivity contribution in [3.8, 4) is 6.07 Å². The van der Waals surface area contributed by atoms with Crippen LogP contribution in [0, 0.1) is 17.1 Å². The Hall–Kier alpha value is -1.25. The first-order valence-electron chi connectivity index (χ1n) is 5.63. The lowest BCUT2D eigenvalue weighted by molar-refractivity contribution is 0.268. The van der Waals surface area contributed by atoms with E-state index in [1.807, 2.05) is 18.9 Å². The molecule has 0 spiro atoms. The lowest BCUT2D eigenvalue weighted by atomic mass is 10.1. The Morgan fingerprint density at radius 2 is 2.22 bits per heavy atom. The fourth-order valence-electron chi connectivity index (χ4n) is 1.69. The number of benzene rings is 1. The molecule has 18 heavy (non-hydrogen) atoms. The number of nitriles is 1. The molecule has 1 aromatic rings. The molecule has 2 atom stereocenters. The van der Waals surface area contributed by atoms with Gasteiger partial charge in [0.05, 0.1) is 11.6 Å². The molecule has 0 aliphatic carbocycles. The zero-order valence-corrected chi connectivity index (χ0v) is 11.6. The van der Waals surface area contributed by atoms with Crippen molar-refractivity contribution >= 4 is 10.8 Å². The van der Waals surface area contributed by atoms with Crippen molar-refractivity contribution in [3.63, 3.8) is 0 Å². The average Bonchev–Trinajstić information content (AvgIpc) is 2.28. The van der Waals surface area contributed by atoms with E-state index < -0.39 is 10.8 Å². The summed E-state index contributed by atoms with van der Waals surface area (Å²) in [4.78, 5) is 1.97. The Morgan fingerprint density at radius 3 is 2.78 bits per heavy atom. The second-order valence-electron chi connectivity index (χ2n) is 4.42. The predicted molar refractivity (Wildman–Crippen MR) is 71.0 cm³/mol. The van der Waals surface area contributed by atoms with Crippen molar-refractivity contribution in [1.29, 1.82) is 5.26 Å². The lowest BCUT2D eigenvalue weighted by Crippen LogP contribution is -2.33. The number of hydrogen-bond acceptors (Lipinski definition) is 3. The first kappa shape index (κ1) is 14.8. The van der Waals surface area contributed by atoms with Gasteiger partial charge in [0.2, 0.25) is 0 Å². The molecule has 0 saturated carbocycles. The first-order valence-corrected chi connectivity index (χ1v) is 7.35. The van der Waals surface area contributed by atoms with Crippen LogP contribution in [-0.2, 0) is 17.3 Å². The Labute approximate surface area is 110 Å². The minimum atomic E-state index is -0.867. The molecule has 3 nitrogen and oxygen atoms in total. The van der Waals surface area contributed by atoms with Gasteiger partial charge in [0.1, 0.15) is 5.82 Å². The zero-order chi connectivity index (χ0) is 13.7. The van der Waals surface area contributed by atoms with E-state index in [1.54, 1.807) is 6.26 Å². The highest BCUT2D eigenvalue weighted by atomic mass is 32.2. The molecule has 0 N–H and O–H groups in total. The third-order valence-electron chi connectivity index (χ3n) is 2.84. The molecule has 0 radical (unpaired) electrons. The van der Waals surface area contributed by atoms with Crippen LogP contribution in [0.4, 0.5) is 4.39 Å². The van der Waals surface area contributed by atoms with Gasteiger partial charge in [-0.1, -0.05) is 0 Å². The fraction of sp³-hybridized carbons (Fsp3) is 0.462. The van der Waals surface area contributed by atoms with E-state index in [0.29, 0.717) is 23.4 Å². The molecule has 5 heteroatoms. The molecule has 0 unspecified atom stereocenters. The van der Waals surface area contributed by atoms with E-state index in [2.05, 4.69) is 6.07 Å². The van der Waals surface area contributed by atoms with Crippen molar-refractivity contribution in [2.24, 2.45) is 0 Å². The molecule has 98 valence electrons. The summed E-state index contributed by atoms with van der Waals surface area (Å²) < 4.78 is 24.3. The van der Waals surface area contributed by atoms with E-state index in [1.165, 1.54) is 18.2 Å². The van der Waals surface area contributed by atoms with Gasteiger partial charge in [-0.2, -0.15) is 5.26 Å². The second kappa shape index (κ2) is 6.62. The molecule has 0 aliphatic rings. The summed E-state index contributed by atoms with van der Waals surface area (Å²) in [6.07, 6.45) is 1.66. The van der Waals surface area contributed by atoms with Crippen LogP contribution in [0.3, 0.4) is 0 Å². The maximum Gasteiger partial charge on any atom is 0.123 e. The van der Waals surface area contributed by atoms with Gasteiger partial charge in [0.15, 0.2) is 0 Å². The third kappa shape index (κ3) is 4.21. The highest BCUT2D eigenvalue weighted by Gasteiger charge is 2.13. The quantitative estimate of drug-likeness (QED) is 0.819. The van der Waals surface area contributed by atoms with E-state index in [-0.39, 0.29) is 11.9 Å². The summed E-state index contributed by atoms with van der Waals surface area (Å²) in [5.74, 6) is 0.220. The summed E-state index contributed by atoms with van der Waals surface area (Å²) in [6, 6.07) is 6.32. The van der Waals surface area contributed by atoms with Gasteiger partial charge in [-0.15, -0.1) is 0 Å². The zero-order valence-electron chi connectivity index (χ0n) is 10.8. The van der Waals surface area contributed by atoms with Crippen LogP contribution in [0.25, 0.3) is 0 Å². The highest BCUT2D eigenvalue weighted by Crippen LogP contribution is 2.14. The summed E-state index contributed by atoms with van der Waals surface area (Å²) >= 11 is 0. The number of nitrogens with zero attached hydrogens (tertiary/aromatic N) is 2. The van der Waals surface area contributed by atoms with E-state index in [9.17, 15) is 8.60 Å². The number of hydrogen-bond donors (Lipinski definition) is 0.